The summed E-state index contributed by atoms with van der Waals surface area (Å²) in [6.45, 7) is 6.72. The van der Waals surface area contributed by atoms with Crippen molar-refractivity contribution in [3.8, 4) is 33.4 Å². The van der Waals surface area contributed by atoms with Crippen LogP contribution in [0.3, 0.4) is 0 Å². The Bertz CT molecular complexity index is 7320. The molecular weight excluding hydrogens is 1530 g/mol. The largest absolute Gasteiger partial charge is 0.314 e. The SMILES string of the molecule is CC(C)(C)c1cc2c3c(c1)N(c1ccccc1)c1ccccc1B3c1cc3c(cc1N2C1=C(C2C=CC=CC2)C=CCC1C1=CCCC=C1)N(c1ccccc1)c1cc2c(cc1C31c3ccccc3-c3ccccc31)B1c3ccccc3N(c3ccccc3-c3ccccc3)c3cc(N(c4ccccc4)c4ccccc4-c4ccccc4)cc(c31)N2c1ccccc1. The molecule has 0 saturated heterocycles. The van der Waals surface area contributed by atoms with Gasteiger partial charge in [-0.3, -0.25) is 0 Å². The minimum absolute atomic E-state index is 0.0330. The van der Waals surface area contributed by atoms with Gasteiger partial charge >= 0.3 is 0 Å². The molecule has 6 nitrogen and oxygen atoms in total. The van der Waals surface area contributed by atoms with Gasteiger partial charge in [-0.25, -0.2) is 0 Å². The molecule has 8 heteroatoms. The van der Waals surface area contributed by atoms with Crippen molar-refractivity contribution in [3.05, 3.63) is 475 Å². The molecule has 0 amide bonds. The second-order valence-electron chi connectivity index (χ2n) is 36.2. The first-order chi connectivity index (χ1) is 62.7. The molecule has 16 aromatic carbocycles. The average molecular weight is 1630 g/mol. The van der Waals surface area contributed by atoms with E-state index in [0.29, 0.717) is 0 Å². The van der Waals surface area contributed by atoms with Crippen LogP contribution in [0.25, 0.3) is 33.4 Å². The Labute approximate surface area is 745 Å². The lowest BCUT2D eigenvalue weighted by Crippen LogP contribution is -2.62. The van der Waals surface area contributed by atoms with Gasteiger partial charge in [-0.15, -0.1) is 0 Å². The van der Waals surface area contributed by atoms with Gasteiger partial charge in [-0.1, -0.05) is 342 Å². The number of rotatable bonds is 12. The minimum Gasteiger partial charge on any atom is -0.314 e. The number of allylic oxidation sites excluding steroid dienone is 11. The highest BCUT2D eigenvalue weighted by Gasteiger charge is 2.57. The van der Waals surface area contributed by atoms with Crippen LogP contribution in [0.15, 0.2) is 448 Å². The van der Waals surface area contributed by atoms with Crippen molar-refractivity contribution in [2.45, 2.75) is 57.3 Å². The number of fused-ring (bicyclic) bond motifs is 17. The molecule has 2 atom stereocenters. The Morgan fingerprint density at radius 1 is 0.323 bits per heavy atom. The molecule has 0 saturated carbocycles. The predicted molar refractivity (Wildman–Crippen MR) is 535 cm³/mol. The summed E-state index contributed by atoms with van der Waals surface area (Å²) in [6.07, 6.45) is 25.7. The van der Waals surface area contributed by atoms with Crippen molar-refractivity contribution >= 4 is 143 Å². The number of benzene rings is 16. The Balaban J connectivity index is 0.830. The molecule has 5 heterocycles. The maximum Gasteiger partial charge on any atom is 0.252 e. The summed E-state index contributed by atoms with van der Waals surface area (Å²) in [5.41, 5.74) is 43.0. The molecule has 16 aromatic rings. The molecule has 2 unspecified atom stereocenters. The van der Waals surface area contributed by atoms with E-state index in [2.05, 4.69) is 481 Å². The van der Waals surface area contributed by atoms with Crippen LogP contribution in [0, 0.1) is 11.8 Å². The van der Waals surface area contributed by atoms with Crippen molar-refractivity contribution in [2.75, 3.05) is 29.4 Å². The number of nitrogens with zero attached hydrogens (tertiary/aromatic N) is 6. The molecule has 127 heavy (non-hydrogen) atoms. The zero-order valence-electron chi connectivity index (χ0n) is 71.3. The fourth-order valence-electron chi connectivity index (χ4n) is 23.0. The monoisotopic (exact) mass is 1620 g/mol. The number of anilines is 17. The van der Waals surface area contributed by atoms with Crippen LogP contribution >= 0.6 is 0 Å². The first kappa shape index (κ1) is 74.5. The van der Waals surface area contributed by atoms with E-state index < -0.39 is 5.41 Å². The summed E-state index contributed by atoms with van der Waals surface area (Å²) in [5.74, 6) is 0.161. The Morgan fingerprint density at radius 3 is 1.34 bits per heavy atom. The Kier molecular flexibility index (Phi) is 17.3. The fourth-order valence-corrected chi connectivity index (χ4v) is 23.0. The highest BCUT2D eigenvalue weighted by Crippen LogP contribution is 2.66. The second-order valence-corrected chi connectivity index (χ2v) is 36.2. The van der Waals surface area contributed by atoms with Crippen LogP contribution in [0.5, 0.6) is 0 Å². The van der Waals surface area contributed by atoms with Gasteiger partial charge in [0, 0.05) is 96.9 Å². The smallest absolute Gasteiger partial charge is 0.252 e. The summed E-state index contributed by atoms with van der Waals surface area (Å²) in [5, 5.41) is 0. The van der Waals surface area contributed by atoms with Gasteiger partial charge in [0.1, 0.15) is 0 Å². The first-order valence-corrected chi connectivity index (χ1v) is 45.2. The van der Waals surface area contributed by atoms with E-state index in [4.69, 9.17) is 0 Å². The minimum atomic E-state index is -0.930. The van der Waals surface area contributed by atoms with E-state index in [0.717, 1.165) is 122 Å². The topological polar surface area (TPSA) is 19.4 Å². The summed E-state index contributed by atoms with van der Waals surface area (Å²) < 4.78 is 0. The van der Waals surface area contributed by atoms with E-state index >= 15 is 0 Å². The third kappa shape index (κ3) is 11.4. The molecule has 0 N–H and O–H groups in total. The third-order valence-corrected chi connectivity index (χ3v) is 28.4. The summed E-state index contributed by atoms with van der Waals surface area (Å²) >= 11 is 0. The summed E-state index contributed by atoms with van der Waals surface area (Å²) in [6, 6.07) is 144. The fraction of sp³-hybridized carbons (Fsp3) is 0.0924. The molecule has 9 aliphatic rings. The Morgan fingerprint density at radius 2 is 0.780 bits per heavy atom. The summed E-state index contributed by atoms with van der Waals surface area (Å²) in [4.78, 5) is 16.0. The molecule has 25 rings (SSSR count). The standard InChI is InChI=1S/C119H90B2N6/c1-118(2,3)83-71-111-115-112(72-83)127(117-91(81-45-16-6-17-46-81)61-40-62-92(117)82-47-18-7-19-48-82)110-78-108-98(76-102(110)120(115)99-65-34-38-69-105(99)123(111)85-51-22-9-23-52-85)119(95-63-32-28-59-93(95)94-60-29-33-64-96(94)119)97-75-101-109(77-107(97)124(108)86-53-24-10-25-54-86)125(87-55-26-11-27-56-87)113-73-88(122(84-49-20-8-21-50-84)103-67-36-30-57-89(103)79-41-12-4-13-42-79)74-114-116(113)121(101)100-66-35-39-70-106(100)126(114)104-68-37-31-58-90(104)80-43-14-5-15-44-80/h4-6,8-18,20-45,47-61,63-78,81,92H,7,19,46,62H2,1-3H3. The third-order valence-electron chi connectivity index (χ3n) is 28.4. The van der Waals surface area contributed by atoms with E-state index in [1.54, 1.807) is 0 Å². The number of para-hydroxylation sites is 8. The van der Waals surface area contributed by atoms with Crippen LogP contribution in [0.4, 0.5) is 96.7 Å². The predicted octanol–water partition coefficient (Wildman–Crippen LogP) is 27.0. The molecule has 4 aliphatic carbocycles. The van der Waals surface area contributed by atoms with Gasteiger partial charge in [0.2, 0.25) is 0 Å². The van der Waals surface area contributed by atoms with Crippen molar-refractivity contribution < 1.29 is 0 Å². The zero-order chi connectivity index (χ0) is 84.2. The highest BCUT2D eigenvalue weighted by molar-refractivity contribution is 7.01. The van der Waals surface area contributed by atoms with Crippen molar-refractivity contribution in [1.29, 1.82) is 0 Å². The molecule has 0 fully saturated rings. The van der Waals surface area contributed by atoms with Crippen LogP contribution in [0.1, 0.15) is 74.3 Å². The Hall–Kier alpha value is -15.1. The second kappa shape index (κ2) is 29.5. The van der Waals surface area contributed by atoms with Crippen molar-refractivity contribution in [2.24, 2.45) is 11.8 Å². The maximum absolute atomic E-state index is 2.87. The molecule has 1 spiro atoms. The lowest BCUT2D eigenvalue weighted by Gasteiger charge is -2.51. The van der Waals surface area contributed by atoms with Crippen LogP contribution in [0.2, 0.25) is 0 Å². The van der Waals surface area contributed by atoms with Gasteiger partial charge in [0.25, 0.3) is 13.4 Å². The molecular formula is C119H90B2N6. The van der Waals surface area contributed by atoms with E-state index in [1.807, 2.05) is 0 Å². The molecule has 0 bridgehead atoms. The van der Waals surface area contributed by atoms with Crippen LogP contribution < -0.4 is 62.2 Å². The average Bonchev–Trinajstić information content (AvgIpc) is 1.58. The molecule has 0 radical (unpaired) electrons. The maximum atomic E-state index is 2.87. The van der Waals surface area contributed by atoms with E-state index in [-0.39, 0.29) is 30.7 Å². The lowest BCUT2D eigenvalue weighted by atomic mass is 9.32. The van der Waals surface area contributed by atoms with Crippen molar-refractivity contribution in [1.82, 2.24) is 0 Å². The first-order valence-electron chi connectivity index (χ1n) is 45.2. The molecule has 602 valence electrons. The quantitative estimate of drug-likeness (QED) is 0.113. The molecule has 0 aromatic heterocycles. The van der Waals surface area contributed by atoms with Gasteiger partial charge in [0.15, 0.2) is 0 Å². The normalized spacial score (nSPS) is 16.5. The van der Waals surface area contributed by atoms with Gasteiger partial charge in [-0.2, -0.15) is 0 Å². The van der Waals surface area contributed by atoms with Gasteiger partial charge < -0.3 is 29.4 Å². The van der Waals surface area contributed by atoms with Crippen LogP contribution in [-0.4, -0.2) is 13.4 Å². The number of hydrogen-bond donors (Lipinski definition) is 0. The van der Waals surface area contributed by atoms with E-state index in [1.165, 1.54) is 111 Å². The van der Waals surface area contributed by atoms with Gasteiger partial charge in [-0.05, 0) is 234 Å². The number of hydrogen-bond acceptors (Lipinski definition) is 6. The van der Waals surface area contributed by atoms with Crippen LogP contribution in [-0.2, 0) is 10.8 Å². The van der Waals surface area contributed by atoms with E-state index in [9.17, 15) is 0 Å². The lowest BCUT2D eigenvalue weighted by molar-refractivity contribution is 0.590. The van der Waals surface area contributed by atoms with Crippen molar-refractivity contribution in [3.63, 3.8) is 0 Å². The highest BCUT2D eigenvalue weighted by atomic mass is 15.2. The van der Waals surface area contributed by atoms with Gasteiger partial charge in [0.05, 0.1) is 33.9 Å². The molecule has 5 aliphatic heterocycles. The summed E-state index contributed by atoms with van der Waals surface area (Å²) in [7, 11) is 0. The zero-order valence-corrected chi connectivity index (χ0v) is 71.3.